The van der Waals surface area contributed by atoms with Gasteiger partial charge < -0.3 is 14.5 Å². The quantitative estimate of drug-likeness (QED) is 0.730. The zero-order chi connectivity index (χ0) is 17.8. The first-order valence-electron chi connectivity index (χ1n) is 8.94. The van der Waals surface area contributed by atoms with E-state index in [1.165, 1.54) is 17.4 Å². The number of para-hydroxylation sites is 1. The van der Waals surface area contributed by atoms with E-state index in [-0.39, 0.29) is 11.9 Å². The molecule has 0 bridgehead atoms. The van der Waals surface area contributed by atoms with Crippen LogP contribution in [0.25, 0.3) is 0 Å². The van der Waals surface area contributed by atoms with Crippen LogP contribution in [0, 0.1) is 0 Å². The monoisotopic (exact) mass is 347 g/mol. The molecule has 0 fully saturated rings. The number of aryl methyl sites for hydroxylation is 1. The van der Waals surface area contributed by atoms with E-state index in [9.17, 15) is 4.79 Å². The van der Waals surface area contributed by atoms with Crippen LogP contribution >= 0.6 is 0 Å². The highest BCUT2D eigenvalue weighted by atomic mass is 16.5. The van der Waals surface area contributed by atoms with Crippen molar-refractivity contribution in [1.29, 1.82) is 0 Å². The Bertz CT molecular complexity index is 885. The number of rotatable bonds is 5. The summed E-state index contributed by atoms with van der Waals surface area (Å²) in [5, 5.41) is 3.13. The van der Waals surface area contributed by atoms with Gasteiger partial charge in [0.1, 0.15) is 12.4 Å². The molecule has 0 aliphatic heterocycles. The summed E-state index contributed by atoms with van der Waals surface area (Å²) in [6, 6.07) is 19.7. The molecule has 1 aliphatic rings. The second-order valence-corrected chi connectivity index (χ2v) is 6.49. The number of carbonyl (C=O) groups excluding carboxylic acids is 1. The lowest BCUT2D eigenvalue weighted by Crippen LogP contribution is -2.31. The third-order valence-electron chi connectivity index (χ3n) is 4.77. The number of ether oxygens (including phenoxy) is 1. The average molecular weight is 347 g/mol. The maximum Gasteiger partial charge on any atom is 0.287 e. The molecule has 1 heterocycles. The summed E-state index contributed by atoms with van der Waals surface area (Å²) < 4.78 is 11.2. The minimum absolute atomic E-state index is 0.0282. The van der Waals surface area contributed by atoms with E-state index < -0.39 is 0 Å². The topological polar surface area (TPSA) is 51.5 Å². The molecule has 1 aliphatic carbocycles. The summed E-state index contributed by atoms with van der Waals surface area (Å²) in [4.78, 5) is 12.8. The van der Waals surface area contributed by atoms with E-state index in [0.29, 0.717) is 12.4 Å². The highest BCUT2D eigenvalue weighted by Crippen LogP contribution is 2.30. The van der Waals surface area contributed by atoms with E-state index in [1.54, 1.807) is 6.07 Å². The van der Waals surface area contributed by atoms with Gasteiger partial charge in [0.25, 0.3) is 5.91 Å². The van der Waals surface area contributed by atoms with Crippen molar-refractivity contribution in [2.24, 2.45) is 0 Å². The molecule has 2 aromatic carbocycles. The molecule has 1 amide bonds. The molecule has 1 aromatic heterocycles. The predicted octanol–water partition coefficient (Wildman–Crippen LogP) is 4.67. The van der Waals surface area contributed by atoms with Crippen LogP contribution in [-0.2, 0) is 13.0 Å². The summed E-state index contributed by atoms with van der Waals surface area (Å²) in [6.07, 6.45) is 4.62. The van der Waals surface area contributed by atoms with Crippen molar-refractivity contribution in [1.82, 2.24) is 5.32 Å². The first-order chi connectivity index (χ1) is 12.8. The molecule has 0 saturated heterocycles. The number of amides is 1. The summed E-state index contributed by atoms with van der Waals surface area (Å²) >= 11 is 0. The van der Waals surface area contributed by atoms with Crippen molar-refractivity contribution in [2.75, 3.05) is 0 Å². The van der Waals surface area contributed by atoms with E-state index >= 15 is 0 Å². The lowest BCUT2D eigenvalue weighted by molar-refractivity contribution is 0.0901. The number of benzene rings is 2. The maximum absolute atomic E-state index is 12.8. The Labute approximate surface area is 152 Å². The number of fused-ring (bicyclic) bond motifs is 1. The van der Waals surface area contributed by atoms with E-state index in [4.69, 9.17) is 9.15 Å². The number of hydrogen-bond donors (Lipinski definition) is 1. The molecule has 4 heteroatoms. The summed E-state index contributed by atoms with van der Waals surface area (Å²) in [5.74, 6) is 0.897. The van der Waals surface area contributed by atoms with Gasteiger partial charge in [-0.3, -0.25) is 4.79 Å². The number of furan rings is 1. The number of carbonyl (C=O) groups is 1. The van der Waals surface area contributed by atoms with Gasteiger partial charge in [0.2, 0.25) is 0 Å². The normalized spacial score (nSPS) is 15.9. The van der Waals surface area contributed by atoms with Crippen LogP contribution < -0.4 is 10.1 Å². The smallest absolute Gasteiger partial charge is 0.287 e. The van der Waals surface area contributed by atoms with Crippen LogP contribution in [0.4, 0.5) is 0 Å². The van der Waals surface area contributed by atoms with Crippen LogP contribution in [0.3, 0.4) is 0 Å². The molecular formula is C22H21NO3. The van der Waals surface area contributed by atoms with Gasteiger partial charge in [0.05, 0.1) is 12.3 Å². The van der Waals surface area contributed by atoms with E-state index in [2.05, 4.69) is 23.5 Å². The van der Waals surface area contributed by atoms with E-state index in [1.807, 2.05) is 36.4 Å². The predicted molar refractivity (Wildman–Crippen MR) is 99.1 cm³/mol. The molecule has 1 unspecified atom stereocenters. The fourth-order valence-electron chi connectivity index (χ4n) is 3.45. The lowest BCUT2D eigenvalue weighted by Gasteiger charge is -2.26. The summed E-state index contributed by atoms with van der Waals surface area (Å²) in [7, 11) is 0. The lowest BCUT2D eigenvalue weighted by atomic mass is 9.87. The highest BCUT2D eigenvalue weighted by molar-refractivity contribution is 5.93. The maximum atomic E-state index is 12.8. The zero-order valence-corrected chi connectivity index (χ0v) is 14.5. The van der Waals surface area contributed by atoms with Crippen molar-refractivity contribution in [3.63, 3.8) is 0 Å². The highest BCUT2D eigenvalue weighted by Gasteiger charge is 2.24. The van der Waals surface area contributed by atoms with Gasteiger partial charge in [0, 0.05) is 5.56 Å². The fraction of sp³-hybridized carbons (Fsp3) is 0.227. The van der Waals surface area contributed by atoms with Gasteiger partial charge in [-0.2, -0.15) is 0 Å². The van der Waals surface area contributed by atoms with Crippen LogP contribution in [0.2, 0.25) is 0 Å². The molecule has 26 heavy (non-hydrogen) atoms. The Balaban J connectivity index is 1.46. The Kier molecular flexibility index (Phi) is 4.73. The van der Waals surface area contributed by atoms with Gasteiger partial charge in [-0.1, -0.05) is 42.5 Å². The van der Waals surface area contributed by atoms with E-state index in [0.717, 1.165) is 30.6 Å². The second kappa shape index (κ2) is 7.48. The fourth-order valence-corrected chi connectivity index (χ4v) is 3.45. The Hall–Kier alpha value is -3.01. The summed E-state index contributed by atoms with van der Waals surface area (Å²) in [6.45, 7) is 0.296. The van der Waals surface area contributed by atoms with Crippen LogP contribution in [0.1, 0.15) is 46.1 Å². The van der Waals surface area contributed by atoms with Crippen molar-refractivity contribution in [2.45, 2.75) is 31.9 Å². The number of nitrogens with one attached hydrogen (secondary N) is 1. The Morgan fingerprint density at radius 3 is 2.77 bits per heavy atom. The van der Waals surface area contributed by atoms with Crippen LogP contribution in [0.15, 0.2) is 71.3 Å². The molecule has 132 valence electrons. The third kappa shape index (κ3) is 3.49. The van der Waals surface area contributed by atoms with Crippen LogP contribution in [0.5, 0.6) is 5.75 Å². The van der Waals surface area contributed by atoms with Crippen LogP contribution in [-0.4, -0.2) is 5.91 Å². The number of hydrogen-bond acceptors (Lipinski definition) is 3. The van der Waals surface area contributed by atoms with Crippen molar-refractivity contribution < 1.29 is 13.9 Å². The molecule has 0 saturated carbocycles. The Morgan fingerprint density at radius 1 is 1.08 bits per heavy atom. The SMILES string of the molecule is O=C(NC1CCCc2ccccc21)c1occc1COc1ccccc1. The third-order valence-corrected chi connectivity index (χ3v) is 4.77. The van der Waals surface area contributed by atoms with Gasteiger partial charge in [-0.25, -0.2) is 0 Å². The van der Waals surface area contributed by atoms with Gasteiger partial charge in [-0.15, -0.1) is 0 Å². The van der Waals surface area contributed by atoms with Gasteiger partial charge in [-0.05, 0) is 48.6 Å². The van der Waals surface area contributed by atoms with Crippen molar-refractivity contribution in [3.05, 3.63) is 89.4 Å². The first-order valence-corrected chi connectivity index (χ1v) is 8.94. The first kappa shape index (κ1) is 16.5. The Morgan fingerprint density at radius 2 is 1.88 bits per heavy atom. The molecule has 3 aromatic rings. The molecular weight excluding hydrogens is 326 g/mol. The van der Waals surface area contributed by atoms with Gasteiger partial charge in [0.15, 0.2) is 5.76 Å². The van der Waals surface area contributed by atoms with Crippen molar-refractivity contribution in [3.8, 4) is 5.75 Å². The largest absolute Gasteiger partial charge is 0.489 e. The molecule has 0 radical (unpaired) electrons. The standard InChI is InChI=1S/C22H21NO3/c24-22(23-20-12-6-8-16-7-4-5-11-19(16)20)21-17(13-14-25-21)15-26-18-9-2-1-3-10-18/h1-5,7,9-11,13-14,20H,6,8,12,15H2,(H,23,24). The molecule has 0 spiro atoms. The van der Waals surface area contributed by atoms with Gasteiger partial charge >= 0.3 is 0 Å². The average Bonchev–Trinajstić information content (AvgIpc) is 3.16. The molecule has 4 rings (SSSR count). The minimum atomic E-state index is -0.191. The molecule has 1 atom stereocenters. The zero-order valence-electron chi connectivity index (χ0n) is 14.5. The van der Waals surface area contributed by atoms with Crippen molar-refractivity contribution >= 4 is 5.91 Å². The minimum Gasteiger partial charge on any atom is -0.489 e. The second-order valence-electron chi connectivity index (χ2n) is 6.49. The summed E-state index contributed by atoms with van der Waals surface area (Å²) in [5.41, 5.74) is 3.27. The molecule has 1 N–H and O–H groups in total. The molecule has 4 nitrogen and oxygen atoms in total.